The molecule has 0 amide bonds. The van der Waals surface area contributed by atoms with E-state index in [9.17, 15) is 35.3 Å². The summed E-state index contributed by atoms with van der Waals surface area (Å²) in [7, 11) is 0. The molecular weight excluding hydrogens is 366 g/mol. The topological polar surface area (TPSA) is 63.6 Å². The van der Waals surface area contributed by atoms with Gasteiger partial charge in [0.25, 0.3) is 0 Å². The van der Waals surface area contributed by atoms with Gasteiger partial charge in [-0.05, 0) is 25.0 Å². The van der Waals surface area contributed by atoms with E-state index < -0.39 is 64.9 Å². The molecule has 1 aromatic carbocycles. The molecule has 0 aliphatic heterocycles. The number of hydrogen-bond donors (Lipinski definition) is 1. The van der Waals surface area contributed by atoms with Gasteiger partial charge in [-0.1, -0.05) is 0 Å². The number of hydrogen-bond acceptors (Lipinski definition) is 3. The molecule has 136 valence electrons. The van der Waals surface area contributed by atoms with Crippen LogP contribution in [0.2, 0.25) is 0 Å². The van der Waals surface area contributed by atoms with Crippen LogP contribution in [-0.2, 0) is 15.8 Å². The average Bonchev–Trinajstić information content (AvgIpc) is 2.45. The number of esters is 1. The summed E-state index contributed by atoms with van der Waals surface area (Å²) >= 11 is -4.03. The van der Waals surface area contributed by atoms with Crippen molar-refractivity contribution in [2.45, 2.75) is 30.4 Å². The molecule has 0 aromatic heterocycles. The van der Waals surface area contributed by atoms with Crippen molar-refractivity contribution in [2.24, 2.45) is 0 Å². The molecule has 0 fully saturated rings. The molecule has 0 heterocycles. The Balaban J connectivity index is 2.44. The number of alkyl halides is 4. The first-order chi connectivity index (χ1) is 11.0. The molecule has 11 heteroatoms. The smallest absolute Gasteiger partial charge is 0.406 e. The van der Waals surface area contributed by atoms with Crippen LogP contribution in [0.15, 0.2) is 18.2 Å². The summed E-state index contributed by atoms with van der Waals surface area (Å²) in [5.74, 6) is -7.84. The van der Waals surface area contributed by atoms with E-state index in [1.165, 1.54) is 0 Å². The lowest BCUT2D eigenvalue weighted by Crippen LogP contribution is -2.43. The molecular formula is C13H12F6O4S. The Hall–Kier alpha value is -1.62. The van der Waals surface area contributed by atoms with Gasteiger partial charge in [-0.25, -0.2) is 17.8 Å². The van der Waals surface area contributed by atoms with Crippen LogP contribution in [0.5, 0.6) is 0 Å². The predicted octanol–water partition coefficient (Wildman–Crippen LogP) is 3.74. The van der Waals surface area contributed by atoms with E-state index in [4.69, 9.17) is 4.55 Å². The maximum Gasteiger partial charge on any atom is 0.406 e. The van der Waals surface area contributed by atoms with E-state index >= 15 is 0 Å². The number of rotatable bonds is 8. The van der Waals surface area contributed by atoms with Gasteiger partial charge in [0.15, 0.2) is 0 Å². The van der Waals surface area contributed by atoms with Crippen molar-refractivity contribution in [3.63, 3.8) is 0 Å². The van der Waals surface area contributed by atoms with Crippen LogP contribution in [0.1, 0.15) is 29.6 Å². The first-order valence-corrected chi connectivity index (χ1v) is 7.58. The molecule has 1 N–H and O–H groups in total. The van der Waals surface area contributed by atoms with Crippen molar-refractivity contribution in [2.75, 3.05) is 6.61 Å². The molecule has 24 heavy (non-hydrogen) atoms. The fourth-order valence-corrected chi connectivity index (χ4v) is 2.00. The highest BCUT2D eigenvalue weighted by Gasteiger charge is 2.60. The quantitative estimate of drug-likeness (QED) is 0.324. The molecule has 1 atom stereocenters. The molecule has 0 aliphatic carbocycles. The van der Waals surface area contributed by atoms with Crippen LogP contribution in [0.4, 0.5) is 26.3 Å². The van der Waals surface area contributed by atoms with E-state index in [1.807, 2.05) is 0 Å². The molecule has 0 radical (unpaired) electrons. The van der Waals surface area contributed by atoms with E-state index in [-0.39, 0.29) is 6.42 Å². The third-order valence-electron chi connectivity index (χ3n) is 2.86. The molecule has 0 saturated carbocycles. The van der Waals surface area contributed by atoms with Crippen LogP contribution in [-0.4, -0.2) is 32.5 Å². The maximum atomic E-state index is 13.1. The zero-order chi connectivity index (χ0) is 18.5. The Kier molecular flexibility index (Phi) is 6.78. The highest BCUT2D eigenvalue weighted by Crippen LogP contribution is 2.40. The van der Waals surface area contributed by atoms with Gasteiger partial charge in [-0.15, -0.1) is 0 Å². The Morgan fingerprint density at radius 3 is 2.12 bits per heavy atom. The van der Waals surface area contributed by atoms with Gasteiger partial charge in [0, 0.05) is 12.5 Å². The molecule has 0 aliphatic rings. The molecule has 1 unspecified atom stereocenters. The SMILES string of the molecule is O=C(OCCCCC(F)(F)C(F)(F)S(=O)O)c1cc(F)cc(F)c1. The Labute approximate surface area is 135 Å². The maximum absolute atomic E-state index is 13.1. The standard InChI is InChI=1S/C13H12F6O4S/c14-9-5-8(6-10(15)7-9)11(20)23-4-2-1-3-12(16,17)13(18,19)24(21)22/h5-7H,1-4H2,(H,21,22). The average molecular weight is 378 g/mol. The van der Waals surface area contributed by atoms with Gasteiger partial charge >= 0.3 is 17.1 Å². The van der Waals surface area contributed by atoms with E-state index in [0.717, 1.165) is 0 Å². The minimum atomic E-state index is -5.09. The molecule has 4 nitrogen and oxygen atoms in total. The van der Waals surface area contributed by atoms with Gasteiger partial charge in [-0.3, -0.25) is 0 Å². The van der Waals surface area contributed by atoms with E-state index in [0.29, 0.717) is 18.2 Å². The third-order valence-corrected chi connectivity index (χ3v) is 3.60. The lowest BCUT2D eigenvalue weighted by atomic mass is 10.1. The van der Waals surface area contributed by atoms with Crippen molar-refractivity contribution in [1.29, 1.82) is 0 Å². The number of ether oxygens (including phenoxy) is 1. The predicted molar refractivity (Wildman–Crippen MR) is 71.2 cm³/mol. The summed E-state index contributed by atoms with van der Waals surface area (Å²) in [6, 6.07) is 1.94. The highest BCUT2D eigenvalue weighted by molar-refractivity contribution is 7.80. The lowest BCUT2D eigenvalue weighted by molar-refractivity contribution is -0.162. The van der Waals surface area contributed by atoms with E-state index in [1.54, 1.807) is 0 Å². The Bertz CT molecular complexity index is 602. The second kappa shape index (κ2) is 7.97. The van der Waals surface area contributed by atoms with Crippen LogP contribution in [0, 0.1) is 11.6 Å². The summed E-state index contributed by atoms with van der Waals surface area (Å²) in [6.45, 7) is -0.458. The van der Waals surface area contributed by atoms with E-state index in [2.05, 4.69) is 4.74 Å². The number of carbonyl (C=O) groups excluding carboxylic acids is 1. The number of unbranched alkanes of at least 4 members (excludes halogenated alkanes) is 1. The van der Waals surface area contributed by atoms with Crippen LogP contribution >= 0.6 is 0 Å². The molecule has 0 spiro atoms. The van der Waals surface area contributed by atoms with Crippen LogP contribution in [0.3, 0.4) is 0 Å². The largest absolute Gasteiger partial charge is 0.462 e. The van der Waals surface area contributed by atoms with Gasteiger partial charge in [-0.2, -0.15) is 17.6 Å². The van der Waals surface area contributed by atoms with Gasteiger partial charge in [0.05, 0.1) is 12.2 Å². The summed E-state index contributed by atoms with van der Waals surface area (Å²) in [5, 5.41) is -5.09. The molecule has 0 bridgehead atoms. The van der Waals surface area contributed by atoms with Gasteiger partial charge in [0.2, 0.25) is 11.1 Å². The minimum absolute atomic E-state index is 0.257. The summed E-state index contributed by atoms with van der Waals surface area (Å²) in [4.78, 5) is 11.5. The minimum Gasteiger partial charge on any atom is -0.462 e. The summed E-state index contributed by atoms with van der Waals surface area (Å²) in [5.41, 5.74) is -0.431. The number of carbonyl (C=O) groups is 1. The normalized spacial score (nSPS) is 13.6. The van der Waals surface area contributed by atoms with Crippen LogP contribution < -0.4 is 0 Å². The third kappa shape index (κ3) is 5.20. The van der Waals surface area contributed by atoms with Crippen molar-refractivity contribution in [3.05, 3.63) is 35.4 Å². The fraction of sp³-hybridized carbons (Fsp3) is 0.462. The first kappa shape index (κ1) is 20.4. The highest BCUT2D eigenvalue weighted by atomic mass is 32.2. The second-order valence-corrected chi connectivity index (χ2v) is 5.73. The van der Waals surface area contributed by atoms with Gasteiger partial charge < -0.3 is 9.29 Å². The number of benzene rings is 1. The van der Waals surface area contributed by atoms with Crippen LogP contribution in [0.25, 0.3) is 0 Å². The summed E-state index contributed by atoms with van der Waals surface area (Å²) in [6.07, 6.45) is -2.20. The van der Waals surface area contributed by atoms with Gasteiger partial charge in [0.1, 0.15) is 11.6 Å². The van der Waals surface area contributed by atoms with Crippen molar-refractivity contribution >= 4 is 17.0 Å². The molecule has 1 aromatic rings. The van der Waals surface area contributed by atoms with Crippen molar-refractivity contribution < 1.29 is 44.6 Å². The Morgan fingerprint density at radius 1 is 1.08 bits per heavy atom. The number of halogens is 6. The first-order valence-electron chi connectivity index (χ1n) is 6.47. The molecule has 0 saturated heterocycles. The zero-order valence-corrected chi connectivity index (χ0v) is 12.7. The molecule has 1 rings (SSSR count). The zero-order valence-electron chi connectivity index (χ0n) is 11.9. The lowest BCUT2D eigenvalue weighted by Gasteiger charge is -2.23. The monoisotopic (exact) mass is 378 g/mol. The van der Waals surface area contributed by atoms with Crippen molar-refractivity contribution in [1.82, 2.24) is 0 Å². The second-order valence-electron chi connectivity index (χ2n) is 4.72. The summed E-state index contributed by atoms with van der Waals surface area (Å²) < 4.78 is 101. The van der Waals surface area contributed by atoms with Crippen molar-refractivity contribution in [3.8, 4) is 0 Å². The fourth-order valence-electron chi connectivity index (χ4n) is 1.64. The Morgan fingerprint density at radius 2 is 1.62 bits per heavy atom.